The molecule has 3 heteroatoms. The Balaban J connectivity index is 2.15. The maximum absolute atomic E-state index is 16.0. The Kier molecular flexibility index (Phi) is 3.70. The Labute approximate surface area is 121 Å². The quantitative estimate of drug-likeness (QED) is 0.839. The molecule has 0 radical (unpaired) electrons. The van der Waals surface area contributed by atoms with Crippen LogP contribution in [0.4, 0.5) is 4.39 Å². The summed E-state index contributed by atoms with van der Waals surface area (Å²) < 4.78 is 28.3. The van der Waals surface area contributed by atoms with Crippen molar-refractivity contribution in [3.63, 3.8) is 0 Å². The van der Waals surface area contributed by atoms with Gasteiger partial charge in [0.2, 0.25) is 0 Å². The molecule has 1 saturated heterocycles. The van der Waals surface area contributed by atoms with Gasteiger partial charge in [-0.1, -0.05) is 60.7 Å². The van der Waals surface area contributed by atoms with Crippen LogP contribution in [-0.4, -0.2) is 15.2 Å². The molecule has 0 saturated carbocycles. The second kappa shape index (κ2) is 5.49. The lowest BCUT2D eigenvalue weighted by Crippen LogP contribution is -2.37. The van der Waals surface area contributed by atoms with E-state index in [-0.39, 0.29) is 0 Å². The van der Waals surface area contributed by atoms with E-state index >= 15 is 4.39 Å². The molecule has 2 aromatic carbocycles. The van der Waals surface area contributed by atoms with Crippen molar-refractivity contribution < 1.29 is 8.60 Å². The molecule has 0 amide bonds. The van der Waals surface area contributed by atoms with Gasteiger partial charge in [0.05, 0.1) is 5.25 Å². The maximum atomic E-state index is 16.0. The molecule has 2 aromatic rings. The minimum atomic E-state index is -1.66. The summed E-state index contributed by atoms with van der Waals surface area (Å²) in [5, 5.41) is -0.452. The maximum Gasteiger partial charge on any atom is 0.175 e. The number of halogens is 1. The average molecular weight is 288 g/mol. The summed E-state index contributed by atoms with van der Waals surface area (Å²) in [5.41, 5.74) is -0.456. The van der Waals surface area contributed by atoms with Crippen molar-refractivity contribution in [1.82, 2.24) is 0 Å². The third kappa shape index (κ3) is 2.20. The zero-order valence-electron chi connectivity index (χ0n) is 11.2. The predicted molar refractivity (Wildman–Crippen MR) is 80.8 cm³/mol. The highest BCUT2D eigenvalue weighted by atomic mass is 32.2. The molecule has 2 atom stereocenters. The largest absolute Gasteiger partial charge is 0.259 e. The molecular weight excluding hydrogens is 271 g/mol. The van der Waals surface area contributed by atoms with Gasteiger partial charge in [0.1, 0.15) is 0 Å². The molecule has 0 aromatic heterocycles. The van der Waals surface area contributed by atoms with E-state index in [2.05, 4.69) is 0 Å². The van der Waals surface area contributed by atoms with Crippen molar-refractivity contribution in [1.29, 1.82) is 0 Å². The Morgan fingerprint density at radius 3 is 1.85 bits per heavy atom. The van der Waals surface area contributed by atoms with Crippen LogP contribution in [0.25, 0.3) is 0 Å². The summed E-state index contributed by atoms with van der Waals surface area (Å²) in [6.07, 6.45) is 1.51. The molecule has 1 aliphatic rings. The monoisotopic (exact) mass is 288 g/mol. The molecule has 1 aliphatic heterocycles. The molecule has 104 valence electrons. The lowest BCUT2D eigenvalue weighted by Gasteiger charge is -2.31. The molecule has 0 bridgehead atoms. The first kappa shape index (κ1) is 13.5. The Morgan fingerprint density at radius 2 is 1.45 bits per heavy atom. The number of hydrogen-bond acceptors (Lipinski definition) is 1. The summed E-state index contributed by atoms with van der Waals surface area (Å²) in [5.74, 6) is 0.607. The number of alkyl halides is 1. The van der Waals surface area contributed by atoms with Gasteiger partial charge in [0, 0.05) is 16.6 Å². The van der Waals surface area contributed by atoms with Gasteiger partial charge in [-0.15, -0.1) is 0 Å². The van der Waals surface area contributed by atoms with Crippen LogP contribution >= 0.6 is 0 Å². The summed E-state index contributed by atoms with van der Waals surface area (Å²) in [7, 11) is -1.11. The molecule has 1 nitrogen and oxygen atoms in total. The normalized spacial score (nSPS) is 22.9. The highest BCUT2D eigenvalue weighted by Crippen LogP contribution is 2.43. The second-order valence-corrected chi connectivity index (χ2v) is 6.90. The SMILES string of the molecule is O=S1CCC[C@H]1C(F)(c1ccccc1)c1ccccc1. The fourth-order valence-corrected chi connectivity index (χ4v) is 4.76. The molecule has 0 spiro atoms. The summed E-state index contributed by atoms with van der Waals surface area (Å²) >= 11 is 0. The molecule has 1 heterocycles. The number of rotatable bonds is 3. The smallest absolute Gasteiger partial charge is 0.175 e. The molecule has 0 N–H and O–H groups in total. The van der Waals surface area contributed by atoms with Gasteiger partial charge in [0.15, 0.2) is 5.67 Å². The van der Waals surface area contributed by atoms with Gasteiger partial charge in [-0.25, -0.2) is 4.39 Å². The lowest BCUT2D eigenvalue weighted by molar-refractivity contribution is 0.211. The van der Waals surface area contributed by atoms with Crippen molar-refractivity contribution >= 4 is 10.8 Å². The first-order valence-electron chi connectivity index (χ1n) is 6.90. The van der Waals surface area contributed by atoms with Gasteiger partial charge < -0.3 is 0 Å². The zero-order chi connectivity index (χ0) is 14.0. The highest BCUT2D eigenvalue weighted by molar-refractivity contribution is 7.86. The summed E-state index contributed by atoms with van der Waals surface area (Å²) in [4.78, 5) is 0. The summed E-state index contributed by atoms with van der Waals surface area (Å²) in [6.45, 7) is 0. The standard InChI is InChI=1S/C17H17FOS/c18-17(14-8-3-1-4-9-14,15-10-5-2-6-11-15)16-12-7-13-20(16)19/h1-6,8-11,16H,7,12-13H2/t16-,20?/m0/s1. The topological polar surface area (TPSA) is 17.1 Å². The van der Waals surface area contributed by atoms with Crippen LogP contribution < -0.4 is 0 Å². The van der Waals surface area contributed by atoms with E-state index in [9.17, 15) is 4.21 Å². The molecular formula is C17H17FOS. The third-order valence-electron chi connectivity index (χ3n) is 3.96. The van der Waals surface area contributed by atoms with Crippen LogP contribution in [0.3, 0.4) is 0 Å². The molecule has 1 unspecified atom stereocenters. The minimum Gasteiger partial charge on any atom is -0.259 e. The van der Waals surface area contributed by atoms with Crippen LogP contribution in [0, 0.1) is 0 Å². The van der Waals surface area contributed by atoms with E-state index in [4.69, 9.17) is 0 Å². The average Bonchev–Trinajstić information content (AvgIpc) is 2.95. The van der Waals surface area contributed by atoms with E-state index in [1.807, 2.05) is 36.4 Å². The summed E-state index contributed by atoms with van der Waals surface area (Å²) in [6, 6.07) is 18.3. The van der Waals surface area contributed by atoms with E-state index in [0.717, 1.165) is 6.42 Å². The Hall–Kier alpha value is -1.48. The van der Waals surface area contributed by atoms with Gasteiger partial charge in [0.25, 0.3) is 0 Å². The first-order valence-corrected chi connectivity index (χ1v) is 8.28. The van der Waals surface area contributed by atoms with Gasteiger partial charge in [-0.3, -0.25) is 4.21 Å². The van der Waals surface area contributed by atoms with Crippen LogP contribution in [-0.2, 0) is 16.5 Å². The highest BCUT2D eigenvalue weighted by Gasteiger charge is 2.47. The van der Waals surface area contributed by atoms with Crippen LogP contribution in [0.15, 0.2) is 60.7 Å². The van der Waals surface area contributed by atoms with Crippen molar-refractivity contribution in [3.8, 4) is 0 Å². The lowest BCUT2D eigenvalue weighted by atomic mass is 9.83. The third-order valence-corrected chi connectivity index (χ3v) is 5.85. The Bertz CT molecular complexity index is 557. The van der Waals surface area contributed by atoms with Crippen molar-refractivity contribution in [3.05, 3.63) is 71.8 Å². The van der Waals surface area contributed by atoms with E-state index < -0.39 is 21.7 Å². The molecule has 1 fully saturated rings. The number of benzene rings is 2. The molecule has 3 rings (SSSR count). The second-order valence-electron chi connectivity index (χ2n) is 5.16. The van der Waals surface area contributed by atoms with Gasteiger partial charge >= 0.3 is 0 Å². The van der Waals surface area contributed by atoms with Gasteiger partial charge in [-0.2, -0.15) is 0 Å². The fourth-order valence-electron chi connectivity index (χ4n) is 2.96. The predicted octanol–water partition coefficient (Wildman–Crippen LogP) is 3.81. The van der Waals surface area contributed by atoms with Crippen LogP contribution in [0.2, 0.25) is 0 Å². The van der Waals surface area contributed by atoms with Crippen molar-refractivity contribution in [2.75, 3.05) is 5.75 Å². The van der Waals surface area contributed by atoms with Gasteiger partial charge in [-0.05, 0) is 24.0 Å². The van der Waals surface area contributed by atoms with Crippen LogP contribution in [0.5, 0.6) is 0 Å². The van der Waals surface area contributed by atoms with Crippen molar-refractivity contribution in [2.24, 2.45) is 0 Å². The minimum absolute atomic E-state index is 0.452. The van der Waals surface area contributed by atoms with E-state index in [1.54, 1.807) is 24.3 Å². The molecule has 20 heavy (non-hydrogen) atoms. The van der Waals surface area contributed by atoms with Crippen molar-refractivity contribution in [2.45, 2.75) is 23.8 Å². The first-order chi connectivity index (χ1) is 9.73. The zero-order valence-corrected chi connectivity index (χ0v) is 12.0. The van der Waals surface area contributed by atoms with Crippen LogP contribution in [0.1, 0.15) is 24.0 Å². The van der Waals surface area contributed by atoms with E-state index in [0.29, 0.717) is 23.3 Å². The molecule has 0 aliphatic carbocycles. The Morgan fingerprint density at radius 1 is 0.950 bits per heavy atom. The fraction of sp³-hybridized carbons (Fsp3) is 0.294. The number of hydrogen-bond donors (Lipinski definition) is 0. The van der Waals surface area contributed by atoms with E-state index in [1.165, 1.54) is 0 Å².